The number of rotatable bonds is 3. The van der Waals surface area contributed by atoms with Gasteiger partial charge >= 0.3 is 0 Å². The van der Waals surface area contributed by atoms with Crippen molar-refractivity contribution in [3.63, 3.8) is 0 Å². The number of allylic oxidation sites excluding steroid dienone is 2. The first-order valence-electron chi connectivity index (χ1n) is 3.87. The molecule has 0 aromatic carbocycles. The molecule has 0 atom stereocenters. The van der Waals surface area contributed by atoms with Gasteiger partial charge in [-0.15, -0.1) is 0 Å². The maximum Gasteiger partial charge on any atom is -0.0323 e. The van der Waals surface area contributed by atoms with Gasteiger partial charge in [-0.1, -0.05) is 31.4 Å². The summed E-state index contributed by atoms with van der Waals surface area (Å²) in [5, 5.41) is 0. The summed E-state index contributed by atoms with van der Waals surface area (Å²) >= 11 is 0. The van der Waals surface area contributed by atoms with Crippen LogP contribution in [0.5, 0.6) is 0 Å². The van der Waals surface area contributed by atoms with Crippen molar-refractivity contribution >= 4 is 0 Å². The Hall–Kier alpha value is -0.260. The zero-order valence-electron chi connectivity index (χ0n) is 7.12. The Kier molecular flexibility index (Phi) is 4.47. The smallest absolute Gasteiger partial charge is 0.0323 e. The van der Waals surface area contributed by atoms with Gasteiger partial charge in [0.05, 0.1) is 0 Å². The second-order valence-electron chi connectivity index (χ2n) is 2.66. The second-order valence-corrected chi connectivity index (χ2v) is 2.66. The van der Waals surface area contributed by atoms with Crippen molar-refractivity contribution in [1.82, 2.24) is 0 Å². The van der Waals surface area contributed by atoms with Crippen molar-refractivity contribution in [3.05, 3.63) is 11.1 Å². The van der Waals surface area contributed by atoms with Crippen LogP contribution >= 0.6 is 0 Å². The third-order valence-corrected chi connectivity index (χ3v) is 1.88. The largest absolute Gasteiger partial charge is 0.0747 e. The lowest BCUT2D eigenvalue weighted by molar-refractivity contribution is 0.874. The van der Waals surface area contributed by atoms with E-state index in [4.69, 9.17) is 0 Å². The molecular weight excluding hydrogens is 108 g/mol. The van der Waals surface area contributed by atoms with Gasteiger partial charge in [0.15, 0.2) is 0 Å². The zero-order chi connectivity index (χ0) is 7.28. The molecule has 0 heteroatoms. The fourth-order valence-corrected chi connectivity index (χ4v) is 0.890. The molecule has 0 spiro atoms. The lowest BCUT2D eigenvalue weighted by Crippen LogP contribution is -1.81. The van der Waals surface area contributed by atoms with Crippen molar-refractivity contribution in [3.8, 4) is 0 Å². The van der Waals surface area contributed by atoms with Crippen LogP contribution in [0.2, 0.25) is 0 Å². The molecule has 0 rings (SSSR count). The van der Waals surface area contributed by atoms with Crippen LogP contribution in [0.15, 0.2) is 11.1 Å². The molecule has 0 heterocycles. The molecule has 0 aliphatic carbocycles. The fourth-order valence-electron chi connectivity index (χ4n) is 0.890. The van der Waals surface area contributed by atoms with Gasteiger partial charge < -0.3 is 0 Å². The van der Waals surface area contributed by atoms with E-state index in [1.165, 1.54) is 19.3 Å². The minimum absolute atomic E-state index is 1.21. The van der Waals surface area contributed by atoms with Crippen LogP contribution in [0, 0.1) is 0 Å². The standard InChI is InChI=1S/C9H18/c1-5-7-9(4)8(3)6-2/h5-7H2,1-4H3/b9-8-. The first-order chi connectivity index (χ1) is 4.22. The van der Waals surface area contributed by atoms with E-state index in [-0.39, 0.29) is 0 Å². The van der Waals surface area contributed by atoms with E-state index in [1.807, 2.05) is 0 Å². The highest BCUT2D eigenvalue weighted by atomic mass is 14.0. The van der Waals surface area contributed by atoms with Crippen molar-refractivity contribution in [2.75, 3.05) is 0 Å². The van der Waals surface area contributed by atoms with Crippen LogP contribution in [0.4, 0.5) is 0 Å². The molecule has 0 aliphatic rings. The van der Waals surface area contributed by atoms with Crippen LogP contribution in [0.3, 0.4) is 0 Å². The third kappa shape index (κ3) is 3.34. The summed E-state index contributed by atoms with van der Waals surface area (Å²) in [5.41, 5.74) is 3.15. The Bertz CT molecular complexity index is 98.6. The topological polar surface area (TPSA) is 0 Å². The molecule has 0 nitrogen and oxygen atoms in total. The van der Waals surface area contributed by atoms with Crippen LogP contribution in [0.25, 0.3) is 0 Å². The van der Waals surface area contributed by atoms with Gasteiger partial charge in [0.25, 0.3) is 0 Å². The first-order valence-corrected chi connectivity index (χ1v) is 3.87. The maximum atomic E-state index is 2.24. The molecule has 0 radical (unpaired) electrons. The van der Waals surface area contributed by atoms with Gasteiger partial charge in [-0.05, 0) is 26.7 Å². The number of hydrogen-bond donors (Lipinski definition) is 0. The Balaban J connectivity index is 3.78. The molecule has 0 amide bonds. The first kappa shape index (κ1) is 8.74. The van der Waals surface area contributed by atoms with Gasteiger partial charge in [0.1, 0.15) is 0 Å². The fraction of sp³-hybridized carbons (Fsp3) is 0.778. The summed E-state index contributed by atoms with van der Waals surface area (Å²) in [6.07, 6.45) is 3.77. The van der Waals surface area contributed by atoms with Gasteiger partial charge in [-0.3, -0.25) is 0 Å². The molecule has 0 fully saturated rings. The second kappa shape index (κ2) is 4.60. The summed E-state index contributed by atoms with van der Waals surface area (Å²) < 4.78 is 0. The van der Waals surface area contributed by atoms with E-state index in [2.05, 4.69) is 27.7 Å². The number of hydrogen-bond acceptors (Lipinski definition) is 0. The van der Waals surface area contributed by atoms with Crippen molar-refractivity contribution in [1.29, 1.82) is 0 Å². The molecule has 9 heavy (non-hydrogen) atoms. The quantitative estimate of drug-likeness (QED) is 0.507. The van der Waals surface area contributed by atoms with Gasteiger partial charge in [0.2, 0.25) is 0 Å². The van der Waals surface area contributed by atoms with Gasteiger partial charge in [-0.2, -0.15) is 0 Å². The maximum absolute atomic E-state index is 2.24. The SMILES string of the molecule is CCC/C(C)=C(/C)CC. The molecule has 0 N–H and O–H groups in total. The van der Waals surface area contributed by atoms with Crippen LogP contribution < -0.4 is 0 Å². The molecule has 0 saturated carbocycles. The Morgan fingerprint density at radius 2 is 1.56 bits per heavy atom. The van der Waals surface area contributed by atoms with E-state index >= 15 is 0 Å². The minimum Gasteiger partial charge on any atom is -0.0747 e. The van der Waals surface area contributed by atoms with E-state index in [0.29, 0.717) is 0 Å². The highest BCUT2D eigenvalue weighted by Crippen LogP contribution is 2.11. The lowest BCUT2D eigenvalue weighted by Gasteiger charge is -2.02. The molecule has 0 saturated heterocycles. The molecule has 54 valence electrons. The highest BCUT2D eigenvalue weighted by molar-refractivity contribution is 5.08. The normalized spacial score (nSPS) is 13.3. The molecule has 0 aromatic rings. The summed E-state index contributed by atoms with van der Waals surface area (Å²) in [7, 11) is 0. The Labute approximate surface area is 59.0 Å². The van der Waals surface area contributed by atoms with Crippen LogP contribution in [-0.4, -0.2) is 0 Å². The molecule has 0 aromatic heterocycles. The van der Waals surface area contributed by atoms with E-state index in [9.17, 15) is 0 Å². The van der Waals surface area contributed by atoms with Crippen LogP contribution in [-0.2, 0) is 0 Å². The lowest BCUT2D eigenvalue weighted by atomic mass is 10.1. The highest BCUT2D eigenvalue weighted by Gasteiger charge is 1.91. The van der Waals surface area contributed by atoms with Gasteiger partial charge in [-0.25, -0.2) is 0 Å². The van der Waals surface area contributed by atoms with E-state index < -0.39 is 0 Å². The molecule has 0 unspecified atom stereocenters. The minimum atomic E-state index is 1.21. The monoisotopic (exact) mass is 126 g/mol. The molecular formula is C9H18. The predicted octanol–water partition coefficient (Wildman–Crippen LogP) is 3.53. The summed E-state index contributed by atoms with van der Waals surface area (Å²) in [6.45, 7) is 8.91. The predicted molar refractivity (Wildman–Crippen MR) is 43.6 cm³/mol. The van der Waals surface area contributed by atoms with E-state index in [1.54, 1.807) is 11.1 Å². The Morgan fingerprint density at radius 3 is 1.89 bits per heavy atom. The van der Waals surface area contributed by atoms with Crippen molar-refractivity contribution in [2.45, 2.75) is 47.0 Å². The van der Waals surface area contributed by atoms with Gasteiger partial charge in [0, 0.05) is 0 Å². The molecule has 0 aliphatic heterocycles. The van der Waals surface area contributed by atoms with Crippen molar-refractivity contribution in [2.24, 2.45) is 0 Å². The average molecular weight is 126 g/mol. The summed E-state index contributed by atoms with van der Waals surface area (Å²) in [4.78, 5) is 0. The third-order valence-electron chi connectivity index (χ3n) is 1.88. The Morgan fingerprint density at radius 1 is 1.00 bits per heavy atom. The average Bonchev–Trinajstić information content (AvgIpc) is 1.87. The van der Waals surface area contributed by atoms with Crippen LogP contribution in [0.1, 0.15) is 47.0 Å². The molecule has 0 bridgehead atoms. The van der Waals surface area contributed by atoms with Crippen molar-refractivity contribution < 1.29 is 0 Å². The zero-order valence-corrected chi connectivity index (χ0v) is 7.12. The summed E-state index contributed by atoms with van der Waals surface area (Å²) in [5.74, 6) is 0. The summed E-state index contributed by atoms with van der Waals surface area (Å²) in [6, 6.07) is 0. The van der Waals surface area contributed by atoms with E-state index in [0.717, 1.165) is 0 Å².